The van der Waals surface area contributed by atoms with Crippen molar-refractivity contribution in [1.82, 2.24) is 4.98 Å². The van der Waals surface area contributed by atoms with Crippen LogP contribution in [0.1, 0.15) is 18.4 Å². The molecule has 0 aliphatic heterocycles. The first kappa shape index (κ1) is 18.0. The summed E-state index contributed by atoms with van der Waals surface area (Å²) in [4.78, 5) is 27.6. The van der Waals surface area contributed by atoms with Crippen LogP contribution in [0.25, 0.3) is 6.08 Å². The number of nitrogens with one attached hydrogen (secondary N) is 1. The number of carbonyl (C=O) groups is 2. The van der Waals surface area contributed by atoms with Crippen LogP contribution in [0.3, 0.4) is 0 Å². The van der Waals surface area contributed by atoms with Crippen LogP contribution >= 0.6 is 23.2 Å². The Morgan fingerprint density at radius 2 is 2.12 bits per heavy atom. The highest BCUT2D eigenvalue weighted by Gasteiger charge is 2.18. The number of rotatable bonds is 5. The quantitative estimate of drug-likeness (QED) is 0.639. The van der Waals surface area contributed by atoms with Crippen molar-refractivity contribution < 1.29 is 18.7 Å². The van der Waals surface area contributed by atoms with Crippen molar-refractivity contribution in [2.24, 2.45) is 0 Å². The van der Waals surface area contributed by atoms with Crippen molar-refractivity contribution in [3.8, 4) is 0 Å². The van der Waals surface area contributed by atoms with E-state index in [-0.39, 0.29) is 10.8 Å². The summed E-state index contributed by atoms with van der Waals surface area (Å²) in [5.41, 5.74) is 0. The van der Waals surface area contributed by atoms with E-state index in [1.54, 1.807) is 19.1 Å². The average molecular weight is 369 g/mol. The second-order valence-electron chi connectivity index (χ2n) is 4.83. The van der Waals surface area contributed by atoms with E-state index in [1.807, 2.05) is 0 Å². The normalized spacial score (nSPS) is 12.2. The smallest absolute Gasteiger partial charge is 0.331 e. The van der Waals surface area contributed by atoms with E-state index >= 15 is 0 Å². The third kappa shape index (κ3) is 5.11. The van der Waals surface area contributed by atoms with E-state index in [0.717, 1.165) is 5.76 Å². The van der Waals surface area contributed by atoms with Gasteiger partial charge in [0.2, 0.25) is 0 Å². The third-order valence-corrected chi connectivity index (χ3v) is 3.35. The molecular weight excluding hydrogens is 355 g/mol. The minimum Gasteiger partial charge on any atom is -0.462 e. The third-order valence-electron chi connectivity index (χ3n) is 2.86. The number of hydrogen-bond acceptors (Lipinski definition) is 5. The van der Waals surface area contributed by atoms with Crippen molar-refractivity contribution in [2.45, 2.75) is 20.0 Å². The van der Waals surface area contributed by atoms with Gasteiger partial charge in [0, 0.05) is 12.3 Å². The topological polar surface area (TPSA) is 81.4 Å². The van der Waals surface area contributed by atoms with Gasteiger partial charge in [-0.3, -0.25) is 4.79 Å². The van der Waals surface area contributed by atoms with E-state index in [4.69, 9.17) is 32.4 Å². The zero-order chi connectivity index (χ0) is 17.7. The van der Waals surface area contributed by atoms with Gasteiger partial charge < -0.3 is 14.5 Å². The lowest BCUT2D eigenvalue weighted by Gasteiger charge is -2.12. The highest BCUT2D eigenvalue weighted by Crippen LogP contribution is 2.22. The molecule has 0 aliphatic carbocycles. The predicted octanol–water partition coefficient (Wildman–Crippen LogP) is 3.87. The summed E-state index contributed by atoms with van der Waals surface area (Å²) in [6.07, 6.45) is 2.94. The van der Waals surface area contributed by atoms with Crippen LogP contribution in [0.5, 0.6) is 0 Å². The number of carbonyl (C=O) groups excluding carboxylic acids is 2. The van der Waals surface area contributed by atoms with Crippen LogP contribution in [0.15, 0.2) is 34.9 Å². The van der Waals surface area contributed by atoms with E-state index in [1.165, 1.54) is 31.3 Å². The van der Waals surface area contributed by atoms with Gasteiger partial charge in [-0.2, -0.15) is 0 Å². The van der Waals surface area contributed by atoms with Gasteiger partial charge in [-0.25, -0.2) is 9.78 Å². The van der Waals surface area contributed by atoms with Gasteiger partial charge in [-0.05, 0) is 38.1 Å². The number of nitrogens with zero attached hydrogens (tertiary/aromatic N) is 1. The summed E-state index contributed by atoms with van der Waals surface area (Å²) in [5.74, 6) is 0.126. The largest absolute Gasteiger partial charge is 0.462 e. The molecule has 0 unspecified atom stereocenters. The van der Waals surface area contributed by atoms with Crippen LogP contribution in [0, 0.1) is 6.92 Å². The summed E-state index contributed by atoms with van der Waals surface area (Å²) >= 11 is 11.6. The van der Waals surface area contributed by atoms with E-state index in [9.17, 15) is 9.59 Å². The Hall–Kier alpha value is -2.31. The van der Waals surface area contributed by atoms with Crippen LogP contribution in [0.2, 0.25) is 10.0 Å². The number of furan rings is 1. The molecule has 0 saturated heterocycles. The first-order valence-electron chi connectivity index (χ1n) is 6.92. The monoisotopic (exact) mass is 368 g/mol. The van der Waals surface area contributed by atoms with Crippen molar-refractivity contribution in [3.05, 3.63) is 52.0 Å². The van der Waals surface area contributed by atoms with E-state index < -0.39 is 18.0 Å². The second-order valence-corrected chi connectivity index (χ2v) is 5.68. The maximum atomic E-state index is 12.0. The van der Waals surface area contributed by atoms with Crippen molar-refractivity contribution >= 4 is 47.0 Å². The Labute approximate surface area is 148 Å². The highest BCUT2D eigenvalue weighted by molar-refractivity contribution is 6.36. The molecule has 0 aliphatic rings. The van der Waals surface area contributed by atoms with Crippen LogP contribution in [-0.2, 0) is 14.3 Å². The van der Waals surface area contributed by atoms with E-state index in [0.29, 0.717) is 10.8 Å². The summed E-state index contributed by atoms with van der Waals surface area (Å²) in [7, 11) is 0. The molecule has 2 aromatic heterocycles. The predicted molar refractivity (Wildman–Crippen MR) is 90.9 cm³/mol. The molecule has 8 heteroatoms. The average Bonchev–Trinajstić information content (AvgIpc) is 2.93. The first-order chi connectivity index (χ1) is 11.3. The zero-order valence-electron chi connectivity index (χ0n) is 12.9. The molecule has 0 radical (unpaired) electrons. The Morgan fingerprint density at radius 3 is 2.75 bits per heavy atom. The lowest BCUT2D eigenvalue weighted by molar-refractivity contribution is -0.148. The van der Waals surface area contributed by atoms with E-state index in [2.05, 4.69) is 10.3 Å². The van der Waals surface area contributed by atoms with Gasteiger partial charge in [0.05, 0.1) is 10.0 Å². The van der Waals surface area contributed by atoms with Gasteiger partial charge in [0.15, 0.2) is 11.9 Å². The number of amides is 1. The minimum absolute atomic E-state index is 0.135. The van der Waals surface area contributed by atoms with Gasteiger partial charge in [-0.15, -0.1) is 0 Å². The molecule has 0 saturated carbocycles. The lowest BCUT2D eigenvalue weighted by Crippen LogP contribution is -2.29. The molecule has 126 valence electrons. The Balaban J connectivity index is 1.90. The van der Waals surface area contributed by atoms with Crippen molar-refractivity contribution in [1.29, 1.82) is 0 Å². The van der Waals surface area contributed by atoms with Gasteiger partial charge in [-0.1, -0.05) is 23.2 Å². The molecular formula is C16H14Cl2N2O4. The number of halogens is 2. The first-order valence-corrected chi connectivity index (χ1v) is 7.68. The molecule has 2 rings (SSSR count). The molecule has 0 spiro atoms. The maximum absolute atomic E-state index is 12.0. The molecule has 1 N–H and O–H groups in total. The van der Waals surface area contributed by atoms with Gasteiger partial charge >= 0.3 is 5.97 Å². The van der Waals surface area contributed by atoms with Crippen LogP contribution < -0.4 is 5.32 Å². The molecule has 0 bridgehead atoms. The number of aromatic nitrogens is 1. The summed E-state index contributed by atoms with van der Waals surface area (Å²) in [6.45, 7) is 3.22. The van der Waals surface area contributed by atoms with Crippen LogP contribution in [-0.4, -0.2) is 23.0 Å². The van der Waals surface area contributed by atoms with Crippen LogP contribution in [0.4, 0.5) is 5.82 Å². The summed E-state index contributed by atoms with van der Waals surface area (Å²) < 4.78 is 10.3. The number of ether oxygens (including phenoxy) is 1. The zero-order valence-corrected chi connectivity index (χ0v) is 14.4. The fourth-order valence-corrected chi connectivity index (χ4v) is 2.11. The molecule has 2 heterocycles. The number of hydrogen-bond donors (Lipinski definition) is 1. The lowest BCUT2D eigenvalue weighted by atomic mass is 10.3. The molecule has 0 aromatic carbocycles. The second kappa shape index (κ2) is 7.99. The molecule has 1 amide bonds. The standard InChI is InChI=1S/C16H14Cl2N2O4/c1-9-3-4-12(23-9)5-6-14(21)24-10(2)16(22)20-15-13(18)7-11(17)8-19-15/h3-8,10H,1-2H3,(H,19,20,22)/b6-5+/t10-/m1/s1. The van der Waals surface area contributed by atoms with Crippen molar-refractivity contribution in [3.63, 3.8) is 0 Å². The summed E-state index contributed by atoms with van der Waals surface area (Å²) in [5, 5.41) is 2.99. The van der Waals surface area contributed by atoms with Crippen molar-refractivity contribution in [2.75, 3.05) is 5.32 Å². The SMILES string of the molecule is Cc1ccc(/C=C/C(=O)O[C@H](C)C(=O)Nc2ncc(Cl)cc2Cl)o1. The Morgan fingerprint density at radius 1 is 1.38 bits per heavy atom. The molecule has 0 fully saturated rings. The number of anilines is 1. The maximum Gasteiger partial charge on any atom is 0.331 e. The Bertz CT molecular complexity index is 786. The Kier molecular flexibility index (Phi) is 6.00. The van der Waals surface area contributed by atoms with Gasteiger partial charge in [0.25, 0.3) is 5.91 Å². The fraction of sp³-hybridized carbons (Fsp3) is 0.188. The molecule has 6 nitrogen and oxygen atoms in total. The highest BCUT2D eigenvalue weighted by atomic mass is 35.5. The number of aryl methyl sites for hydroxylation is 1. The molecule has 1 atom stereocenters. The fourth-order valence-electron chi connectivity index (χ4n) is 1.69. The molecule has 24 heavy (non-hydrogen) atoms. The molecule has 2 aromatic rings. The number of esters is 1. The van der Waals surface area contributed by atoms with Gasteiger partial charge in [0.1, 0.15) is 11.5 Å². The summed E-state index contributed by atoms with van der Waals surface area (Å²) in [6, 6.07) is 4.92. The minimum atomic E-state index is -1.03. The number of pyridine rings is 1.